The molecular weight excluding hydrogens is 282 g/mol. The van der Waals surface area contributed by atoms with Crippen molar-refractivity contribution in [1.82, 2.24) is 0 Å². The fourth-order valence-corrected chi connectivity index (χ4v) is 2.89. The second kappa shape index (κ2) is 6.80. The molecule has 0 heterocycles. The average molecular weight is 300 g/mol. The molecule has 1 fully saturated rings. The third kappa shape index (κ3) is 3.47. The molecule has 0 bridgehead atoms. The maximum Gasteiger partial charge on any atom is 0.295 e. The first-order chi connectivity index (χ1) is 10.0. The largest absolute Gasteiger partial charge is 0.396 e. The molecule has 116 valence electrons. The number of aliphatic hydroxyl groups is 1. The van der Waals surface area contributed by atoms with E-state index in [0.29, 0.717) is 0 Å². The standard InChI is InChI=1S/C14H18F2N2O3/c15-11-5-6-12(18(20)21)14(13(11)16)17-7-9-3-1-2-4-10(9)8-19/h5-6,9-10,17,19H,1-4,7-8H2. The number of halogens is 2. The second-order valence-electron chi connectivity index (χ2n) is 5.38. The van der Waals surface area contributed by atoms with Crippen LogP contribution in [0, 0.1) is 33.6 Å². The molecular formula is C14H18F2N2O3. The third-order valence-corrected chi connectivity index (χ3v) is 4.11. The maximum absolute atomic E-state index is 13.8. The summed E-state index contributed by atoms with van der Waals surface area (Å²) in [5, 5.41) is 22.9. The Bertz CT molecular complexity index is 525. The van der Waals surface area contributed by atoms with E-state index in [1.165, 1.54) is 0 Å². The van der Waals surface area contributed by atoms with Crippen molar-refractivity contribution in [2.45, 2.75) is 25.7 Å². The molecule has 21 heavy (non-hydrogen) atoms. The molecule has 2 atom stereocenters. The zero-order chi connectivity index (χ0) is 15.4. The number of nitrogens with one attached hydrogen (secondary N) is 1. The SMILES string of the molecule is O=[N+]([O-])c1ccc(F)c(F)c1NCC1CCCCC1CO. The van der Waals surface area contributed by atoms with E-state index in [2.05, 4.69) is 5.32 Å². The molecule has 2 N–H and O–H groups in total. The Labute approximate surface area is 121 Å². The molecule has 0 radical (unpaired) electrons. The first-order valence-corrected chi connectivity index (χ1v) is 7.01. The van der Waals surface area contributed by atoms with Crippen molar-refractivity contribution in [3.8, 4) is 0 Å². The molecule has 1 aliphatic carbocycles. The summed E-state index contributed by atoms with van der Waals surface area (Å²) in [6, 6.07) is 1.70. The first-order valence-electron chi connectivity index (χ1n) is 7.01. The highest BCUT2D eigenvalue weighted by Crippen LogP contribution is 2.33. The van der Waals surface area contributed by atoms with Crippen LogP contribution in [0.5, 0.6) is 0 Å². The number of hydrogen-bond donors (Lipinski definition) is 2. The molecule has 2 rings (SSSR count). The van der Waals surface area contributed by atoms with Crippen LogP contribution in [-0.2, 0) is 0 Å². The lowest BCUT2D eigenvalue weighted by Crippen LogP contribution is -2.29. The summed E-state index contributed by atoms with van der Waals surface area (Å²) in [6.45, 7) is 0.326. The maximum atomic E-state index is 13.8. The van der Waals surface area contributed by atoms with Crippen molar-refractivity contribution in [3.05, 3.63) is 33.9 Å². The summed E-state index contributed by atoms with van der Waals surface area (Å²) in [4.78, 5) is 10.2. The van der Waals surface area contributed by atoms with Crippen LogP contribution in [-0.4, -0.2) is 23.2 Å². The molecule has 1 saturated carbocycles. The van der Waals surface area contributed by atoms with E-state index in [0.717, 1.165) is 37.8 Å². The molecule has 0 spiro atoms. The van der Waals surface area contributed by atoms with Crippen molar-refractivity contribution in [1.29, 1.82) is 0 Å². The fraction of sp³-hybridized carbons (Fsp3) is 0.571. The topological polar surface area (TPSA) is 75.4 Å². The molecule has 0 amide bonds. The number of rotatable bonds is 5. The predicted molar refractivity (Wildman–Crippen MR) is 74.0 cm³/mol. The zero-order valence-electron chi connectivity index (χ0n) is 11.5. The normalized spacial score (nSPS) is 22.0. The quantitative estimate of drug-likeness (QED) is 0.647. The van der Waals surface area contributed by atoms with Crippen molar-refractivity contribution < 1.29 is 18.8 Å². The number of aliphatic hydroxyl groups excluding tert-OH is 1. The van der Waals surface area contributed by atoms with E-state index in [1.807, 2.05) is 0 Å². The lowest BCUT2D eigenvalue weighted by atomic mass is 9.79. The van der Waals surface area contributed by atoms with Gasteiger partial charge in [0.2, 0.25) is 0 Å². The number of hydrogen-bond acceptors (Lipinski definition) is 4. The van der Waals surface area contributed by atoms with Crippen molar-refractivity contribution in [2.24, 2.45) is 11.8 Å². The predicted octanol–water partition coefficient (Wildman–Crippen LogP) is 3.08. The molecule has 7 heteroatoms. The first kappa shape index (κ1) is 15.6. The number of anilines is 1. The van der Waals surface area contributed by atoms with Crippen LogP contribution in [0.15, 0.2) is 12.1 Å². The van der Waals surface area contributed by atoms with Gasteiger partial charge >= 0.3 is 0 Å². The van der Waals surface area contributed by atoms with E-state index in [4.69, 9.17) is 0 Å². The fourth-order valence-electron chi connectivity index (χ4n) is 2.89. The summed E-state index contributed by atoms with van der Waals surface area (Å²) in [6.07, 6.45) is 3.80. The Hall–Kier alpha value is -1.76. The number of nitro groups is 1. The Balaban J connectivity index is 2.15. The van der Waals surface area contributed by atoms with Crippen LogP contribution in [0.1, 0.15) is 25.7 Å². The van der Waals surface area contributed by atoms with Crippen LogP contribution >= 0.6 is 0 Å². The van der Waals surface area contributed by atoms with Gasteiger partial charge in [-0.1, -0.05) is 12.8 Å². The van der Waals surface area contributed by atoms with Crippen LogP contribution in [0.25, 0.3) is 0 Å². The minimum Gasteiger partial charge on any atom is -0.396 e. The van der Waals surface area contributed by atoms with Crippen molar-refractivity contribution in [3.63, 3.8) is 0 Å². The lowest BCUT2D eigenvalue weighted by Gasteiger charge is -2.30. The number of benzene rings is 1. The van der Waals surface area contributed by atoms with Gasteiger partial charge in [-0.3, -0.25) is 10.1 Å². The number of nitro benzene ring substituents is 1. The molecule has 0 aliphatic heterocycles. The monoisotopic (exact) mass is 300 g/mol. The number of nitrogens with zero attached hydrogens (tertiary/aromatic N) is 1. The van der Waals surface area contributed by atoms with E-state index in [9.17, 15) is 24.0 Å². The van der Waals surface area contributed by atoms with Gasteiger partial charge in [-0.15, -0.1) is 0 Å². The lowest BCUT2D eigenvalue weighted by molar-refractivity contribution is -0.384. The average Bonchev–Trinajstić information content (AvgIpc) is 2.48. The Morgan fingerprint density at radius 3 is 2.57 bits per heavy atom. The summed E-state index contributed by atoms with van der Waals surface area (Å²) in [5.74, 6) is -2.15. The van der Waals surface area contributed by atoms with Crippen LogP contribution in [0.4, 0.5) is 20.2 Å². The second-order valence-corrected chi connectivity index (χ2v) is 5.38. The van der Waals surface area contributed by atoms with Crippen LogP contribution < -0.4 is 5.32 Å². The zero-order valence-corrected chi connectivity index (χ0v) is 11.5. The summed E-state index contributed by atoms with van der Waals surface area (Å²) in [7, 11) is 0. The highest BCUT2D eigenvalue weighted by molar-refractivity contribution is 5.62. The van der Waals surface area contributed by atoms with Gasteiger partial charge in [0.05, 0.1) is 4.92 Å². The highest BCUT2D eigenvalue weighted by Gasteiger charge is 2.27. The minimum absolute atomic E-state index is 0.0417. The van der Waals surface area contributed by atoms with Gasteiger partial charge in [-0.25, -0.2) is 8.78 Å². The van der Waals surface area contributed by atoms with Crippen molar-refractivity contribution in [2.75, 3.05) is 18.5 Å². The van der Waals surface area contributed by atoms with Gasteiger partial charge in [0.15, 0.2) is 17.3 Å². The van der Waals surface area contributed by atoms with Gasteiger partial charge in [0.1, 0.15) is 0 Å². The molecule has 5 nitrogen and oxygen atoms in total. The summed E-state index contributed by atoms with van der Waals surface area (Å²) in [5.41, 5.74) is -0.896. The van der Waals surface area contributed by atoms with Gasteiger partial charge in [0.25, 0.3) is 5.69 Å². The van der Waals surface area contributed by atoms with Gasteiger partial charge in [-0.05, 0) is 30.7 Å². The smallest absolute Gasteiger partial charge is 0.295 e. The van der Waals surface area contributed by atoms with Crippen LogP contribution in [0.2, 0.25) is 0 Å². The summed E-state index contributed by atoms with van der Waals surface area (Å²) >= 11 is 0. The molecule has 0 saturated heterocycles. The van der Waals surface area contributed by atoms with E-state index in [1.54, 1.807) is 0 Å². The van der Waals surface area contributed by atoms with Gasteiger partial charge in [-0.2, -0.15) is 0 Å². The minimum atomic E-state index is -1.24. The molecule has 1 aromatic carbocycles. The Morgan fingerprint density at radius 1 is 1.29 bits per heavy atom. The van der Waals surface area contributed by atoms with E-state index < -0.39 is 27.9 Å². The highest BCUT2D eigenvalue weighted by atomic mass is 19.2. The molecule has 0 aromatic heterocycles. The molecule has 2 unspecified atom stereocenters. The Kier molecular flexibility index (Phi) is 5.06. The van der Waals surface area contributed by atoms with Crippen molar-refractivity contribution >= 4 is 11.4 Å². The van der Waals surface area contributed by atoms with Gasteiger partial charge in [0, 0.05) is 19.2 Å². The van der Waals surface area contributed by atoms with Crippen LogP contribution in [0.3, 0.4) is 0 Å². The van der Waals surface area contributed by atoms with Gasteiger partial charge < -0.3 is 10.4 Å². The Morgan fingerprint density at radius 2 is 1.95 bits per heavy atom. The molecule has 1 aromatic rings. The third-order valence-electron chi connectivity index (χ3n) is 4.11. The van der Waals surface area contributed by atoms with E-state index >= 15 is 0 Å². The molecule has 1 aliphatic rings. The van der Waals surface area contributed by atoms with E-state index in [-0.39, 0.29) is 25.0 Å². The summed E-state index contributed by atoms with van der Waals surface area (Å²) < 4.78 is 27.0.